The van der Waals surface area contributed by atoms with Gasteiger partial charge in [-0.05, 0) is 36.1 Å². The lowest BCUT2D eigenvalue weighted by Gasteiger charge is -2.17. The SMILES string of the molecule is CC(C)C(CBr)CCSc1ccccc1. The van der Waals surface area contributed by atoms with Gasteiger partial charge in [-0.2, -0.15) is 0 Å². The first-order chi connectivity index (χ1) is 7.24. The molecule has 15 heavy (non-hydrogen) atoms. The van der Waals surface area contributed by atoms with Gasteiger partial charge in [-0.15, -0.1) is 11.8 Å². The summed E-state index contributed by atoms with van der Waals surface area (Å²) < 4.78 is 0. The molecule has 84 valence electrons. The van der Waals surface area contributed by atoms with Gasteiger partial charge in [-0.25, -0.2) is 0 Å². The molecule has 0 aliphatic rings. The minimum Gasteiger partial charge on any atom is -0.126 e. The fourth-order valence-electron chi connectivity index (χ4n) is 1.43. The Labute approximate surface area is 106 Å². The van der Waals surface area contributed by atoms with E-state index in [1.165, 1.54) is 17.1 Å². The summed E-state index contributed by atoms with van der Waals surface area (Å²) in [6, 6.07) is 10.6. The van der Waals surface area contributed by atoms with Crippen molar-refractivity contribution in [2.75, 3.05) is 11.1 Å². The molecule has 0 saturated carbocycles. The Kier molecular flexibility index (Phi) is 6.42. The van der Waals surface area contributed by atoms with Crippen molar-refractivity contribution in [3.05, 3.63) is 30.3 Å². The maximum atomic E-state index is 3.59. The number of hydrogen-bond donors (Lipinski definition) is 0. The highest BCUT2D eigenvalue weighted by atomic mass is 79.9. The van der Waals surface area contributed by atoms with E-state index in [9.17, 15) is 0 Å². The molecule has 0 bridgehead atoms. The van der Waals surface area contributed by atoms with Gasteiger partial charge in [-0.1, -0.05) is 48.0 Å². The minimum absolute atomic E-state index is 0.778. The van der Waals surface area contributed by atoms with Crippen molar-refractivity contribution in [2.45, 2.75) is 25.2 Å². The minimum atomic E-state index is 0.778. The second kappa shape index (κ2) is 7.34. The Morgan fingerprint density at radius 2 is 1.87 bits per heavy atom. The Balaban J connectivity index is 2.27. The topological polar surface area (TPSA) is 0 Å². The standard InChI is InChI=1S/C13H19BrS/c1-11(2)12(10-14)8-9-15-13-6-4-3-5-7-13/h3-7,11-12H,8-10H2,1-2H3. The van der Waals surface area contributed by atoms with Gasteiger partial charge in [0.25, 0.3) is 0 Å². The summed E-state index contributed by atoms with van der Waals surface area (Å²) in [6.45, 7) is 4.61. The molecule has 0 aliphatic heterocycles. The van der Waals surface area contributed by atoms with Gasteiger partial charge in [0.2, 0.25) is 0 Å². The summed E-state index contributed by atoms with van der Waals surface area (Å²) in [5.74, 6) is 2.81. The average Bonchev–Trinajstić information content (AvgIpc) is 2.25. The first-order valence-electron chi connectivity index (χ1n) is 5.48. The predicted molar refractivity (Wildman–Crippen MR) is 73.9 cm³/mol. The molecule has 0 radical (unpaired) electrons. The van der Waals surface area contributed by atoms with Crippen LogP contribution in [0.3, 0.4) is 0 Å². The second-order valence-electron chi connectivity index (χ2n) is 4.11. The summed E-state index contributed by atoms with van der Waals surface area (Å²) >= 11 is 5.55. The first kappa shape index (κ1) is 13.1. The highest BCUT2D eigenvalue weighted by molar-refractivity contribution is 9.09. The van der Waals surface area contributed by atoms with Crippen LogP contribution in [0.1, 0.15) is 20.3 Å². The maximum Gasteiger partial charge on any atom is 0.00719 e. The largest absolute Gasteiger partial charge is 0.126 e. The van der Waals surface area contributed by atoms with E-state index in [0.29, 0.717) is 0 Å². The predicted octanol–water partition coefficient (Wildman–Crippen LogP) is 4.84. The monoisotopic (exact) mass is 286 g/mol. The van der Waals surface area contributed by atoms with Crippen LogP contribution in [0.15, 0.2) is 35.2 Å². The van der Waals surface area contributed by atoms with E-state index < -0.39 is 0 Å². The van der Waals surface area contributed by atoms with Crippen LogP contribution >= 0.6 is 27.7 Å². The van der Waals surface area contributed by atoms with Crippen LogP contribution < -0.4 is 0 Å². The zero-order chi connectivity index (χ0) is 11.1. The molecule has 0 fully saturated rings. The lowest BCUT2D eigenvalue weighted by molar-refractivity contribution is 0.420. The van der Waals surface area contributed by atoms with Crippen LogP contribution in [0.2, 0.25) is 0 Å². The molecule has 0 aromatic heterocycles. The number of benzene rings is 1. The van der Waals surface area contributed by atoms with Crippen LogP contribution in [0, 0.1) is 11.8 Å². The number of alkyl halides is 1. The Bertz CT molecular complexity index is 258. The number of rotatable bonds is 6. The van der Waals surface area contributed by atoms with Gasteiger partial charge in [0.05, 0.1) is 0 Å². The summed E-state index contributed by atoms with van der Waals surface area (Å²) in [6.07, 6.45) is 1.29. The zero-order valence-electron chi connectivity index (χ0n) is 9.45. The fraction of sp³-hybridized carbons (Fsp3) is 0.538. The van der Waals surface area contributed by atoms with Gasteiger partial charge >= 0.3 is 0 Å². The Hall–Kier alpha value is 0.0500. The van der Waals surface area contributed by atoms with E-state index >= 15 is 0 Å². The normalized spacial score (nSPS) is 13.1. The van der Waals surface area contributed by atoms with Crippen molar-refractivity contribution in [1.82, 2.24) is 0 Å². The molecule has 1 aromatic carbocycles. The smallest absolute Gasteiger partial charge is 0.00719 e. The molecule has 0 nitrogen and oxygen atoms in total. The lowest BCUT2D eigenvalue weighted by Crippen LogP contribution is -2.10. The van der Waals surface area contributed by atoms with Gasteiger partial charge in [0.15, 0.2) is 0 Å². The zero-order valence-corrected chi connectivity index (χ0v) is 11.9. The molecule has 0 N–H and O–H groups in total. The van der Waals surface area contributed by atoms with Crippen molar-refractivity contribution in [1.29, 1.82) is 0 Å². The van der Waals surface area contributed by atoms with E-state index in [-0.39, 0.29) is 0 Å². The van der Waals surface area contributed by atoms with E-state index in [1.54, 1.807) is 0 Å². The maximum absolute atomic E-state index is 3.59. The van der Waals surface area contributed by atoms with Crippen LogP contribution in [-0.4, -0.2) is 11.1 Å². The molecule has 0 saturated heterocycles. The van der Waals surface area contributed by atoms with Crippen LogP contribution in [-0.2, 0) is 0 Å². The van der Waals surface area contributed by atoms with E-state index in [4.69, 9.17) is 0 Å². The lowest BCUT2D eigenvalue weighted by atomic mass is 9.96. The third-order valence-electron chi connectivity index (χ3n) is 2.64. The highest BCUT2D eigenvalue weighted by Crippen LogP contribution is 2.24. The molecular formula is C13H19BrS. The molecule has 0 aliphatic carbocycles. The van der Waals surface area contributed by atoms with Crippen molar-refractivity contribution >= 4 is 27.7 Å². The third kappa shape index (κ3) is 5.07. The van der Waals surface area contributed by atoms with Gasteiger partial charge in [0, 0.05) is 10.2 Å². The molecule has 0 spiro atoms. The van der Waals surface area contributed by atoms with E-state index in [2.05, 4.69) is 60.1 Å². The fourth-order valence-corrected chi connectivity index (χ4v) is 3.51. The van der Waals surface area contributed by atoms with E-state index in [1.807, 2.05) is 11.8 Å². The summed E-state index contributed by atoms with van der Waals surface area (Å²) in [5, 5.41) is 1.13. The van der Waals surface area contributed by atoms with Gasteiger partial charge in [-0.3, -0.25) is 0 Å². The molecule has 0 amide bonds. The highest BCUT2D eigenvalue weighted by Gasteiger charge is 2.11. The van der Waals surface area contributed by atoms with Gasteiger partial charge in [0.1, 0.15) is 0 Å². The summed E-state index contributed by atoms with van der Waals surface area (Å²) in [7, 11) is 0. The Morgan fingerprint density at radius 3 is 2.40 bits per heavy atom. The quantitative estimate of drug-likeness (QED) is 0.533. The molecule has 1 atom stereocenters. The molecule has 0 heterocycles. The van der Waals surface area contributed by atoms with Crippen molar-refractivity contribution < 1.29 is 0 Å². The second-order valence-corrected chi connectivity index (χ2v) is 5.92. The average molecular weight is 287 g/mol. The molecule has 1 unspecified atom stereocenters. The molecular weight excluding hydrogens is 268 g/mol. The van der Waals surface area contributed by atoms with Gasteiger partial charge < -0.3 is 0 Å². The van der Waals surface area contributed by atoms with Crippen molar-refractivity contribution in [3.63, 3.8) is 0 Å². The van der Waals surface area contributed by atoms with Crippen LogP contribution in [0.25, 0.3) is 0 Å². The van der Waals surface area contributed by atoms with Crippen LogP contribution in [0.5, 0.6) is 0 Å². The Morgan fingerprint density at radius 1 is 1.20 bits per heavy atom. The number of hydrogen-bond acceptors (Lipinski definition) is 1. The summed E-state index contributed by atoms with van der Waals surface area (Å²) in [5.41, 5.74) is 0. The molecule has 1 aromatic rings. The van der Waals surface area contributed by atoms with Crippen molar-refractivity contribution in [2.24, 2.45) is 11.8 Å². The third-order valence-corrected chi connectivity index (χ3v) is 4.52. The summed E-state index contributed by atoms with van der Waals surface area (Å²) in [4.78, 5) is 1.38. The van der Waals surface area contributed by atoms with Crippen molar-refractivity contribution in [3.8, 4) is 0 Å². The van der Waals surface area contributed by atoms with Crippen LogP contribution in [0.4, 0.5) is 0 Å². The van der Waals surface area contributed by atoms with E-state index in [0.717, 1.165) is 17.2 Å². The number of thioether (sulfide) groups is 1. The number of halogens is 1. The molecule has 2 heteroatoms. The molecule has 1 rings (SSSR count). The first-order valence-corrected chi connectivity index (χ1v) is 7.58.